The largest absolute Gasteiger partial charge is 0.444 e. The van der Waals surface area contributed by atoms with Crippen LogP contribution in [0.3, 0.4) is 0 Å². The number of aromatic nitrogens is 4. The van der Waals surface area contributed by atoms with Gasteiger partial charge in [-0.2, -0.15) is 5.21 Å². The number of hydrogen-bond acceptors (Lipinski definition) is 8. The van der Waals surface area contributed by atoms with Crippen LogP contribution in [0.1, 0.15) is 65.4 Å². The van der Waals surface area contributed by atoms with Crippen LogP contribution in [-0.4, -0.2) is 56.5 Å². The molecule has 1 fully saturated rings. The minimum Gasteiger partial charge on any atom is -0.444 e. The summed E-state index contributed by atoms with van der Waals surface area (Å²) in [4.78, 5) is 50.9. The van der Waals surface area contributed by atoms with E-state index in [0.29, 0.717) is 42.9 Å². The van der Waals surface area contributed by atoms with Gasteiger partial charge in [0.15, 0.2) is 0 Å². The summed E-state index contributed by atoms with van der Waals surface area (Å²) in [6.07, 6.45) is 2.93. The second kappa shape index (κ2) is 16.5. The first-order valence-corrected chi connectivity index (χ1v) is 17.1. The molecule has 0 bridgehead atoms. The van der Waals surface area contributed by atoms with Crippen molar-refractivity contribution in [2.24, 2.45) is 17.8 Å². The van der Waals surface area contributed by atoms with Gasteiger partial charge in [0, 0.05) is 43.0 Å². The predicted octanol–water partition coefficient (Wildman–Crippen LogP) is 6.72. The summed E-state index contributed by atoms with van der Waals surface area (Å²) in [5, 5.41) is 22.2. The molecule has 3 amide bonds. The van der Waals surface area contributed by atoms with Crippen LogP contribution in [-0.2, 0) is 25.5 Å². The van der Waals surface area contributed by atoms with Crippen molar-refractivity contribution in [2.45, 2.75) is 71.8 Å². The average molecular weight is 698 g/mol. The van der Waals surface area contributed by atoms with Gasteiger partial charge in [-0.1, -0.05) is 30.3 Å². The zero-order chi connectivity index (χ0) is 36.5. The van der Waals surface area contributed by atoms with Crippen molar-refractivity contribution in [3.63, 3.8) is 0 Å². The van der Waals surface area contributed by atoms with Crippen molar-refractivity contribution in [3.8, 4) is 22.5 Å². The van der Waals surface area contributed by atoms with Crippen molar-refractivity contribution < 1.29 is 28.3 Å². The average Bonchev–Trinajstić information content (AvgIpc) is 3.63. The fourth-order valence-corrected chi connectivity index (χ4v) is 6.23. The van der Waals surface area contributed by atoms with Crippen molar-refractivity contribution >= 4 is 35.1 Å². The monoisotopic (exact) mass is 697 g/mol. The minimum absolute atomic E-state index is 0.0486. The van der Waals surface area contributed by atoms with Gasteiger partial charge in [0.1, 0.15) is 17.2 Å². The number of benzene rings is 3. The number of carbonyl (C=O) groups is 4. The molecule has 1 aliphatic rings. The molecule has 0 aliphatic heterocycles. The number of halogens is 1. The topological polar surface area (TPSA) is 168 Å². The number of ketones is 1. The first kappa shape index (κ1) is 36.8. The van der Waals surface area contributed by atoms with Crippen LogP contribution >= 0.6 is 0 Å². The highest BCUT2D eigenvalue weighted by Crippen LogP contribution is 2.32. The third-order valence-corrected chi connectivity index (χ3v) is 8.86. The smallest absolute Gasteiger partial charge is 0.407 e. The van der Waals surface area contributed by atoms with Gasteiger partial charge in [0.25, 0.3) is 0 Å². The van der Waals surface area contributed by atoms with Gasteiger partial charge >= 0.3 is 6.09 Å². The number of H-pyrrole nitrogens is 1. The number of anilines is 2. The fourth-order valence-electron chi connectivity index (χ4n) is 6.23. The summed E-state index contributed by atoms with van der Waals surface area (Å²) in [7, 11) is 0. The van der Waals surface area contributed by atoms with Crippen LogP contribution in [0, 0.1) is 23.6 Å². The van der Waals surface area contributed by atoms with Crippen molar-refractivity contribution in [2.75, 3.05) is 17.2 Å². The maximum Gasteiger partial charge on any atom is 0.407 e. The van der Waals surface area contributed by atoms with Crippen molar-refractivity contribution in [1.82, 2.24) is 25.9 Å². The normalized spacial score (nSPS) is 16.5. The maximum absolute atomic E-state index is 14.6. The lowest BCUT2D eigenvalue weighted by molar-refractivity contribution is -0.129. The van der Waals surface area contributed by atoms with Gasteiger partial charge in [0.05, 0.1) is 5.69 Å². The maximum atomic E-state index is 14.6. The minimum atomic E-state index is -0.638. The third kappa shape index (κ3) is 10.8. The number of nitrogens with one attached hydrogen (secondary N) is 4. The Balaban J connectivity index is 1.24. The molecular formula is C38H44FN7O5. The van der Waals surface area contributed by atoms with E-state index in [9.17, 15) is 23.6 Å². The van der Waals surface area contributed by atoms with Crippen LogP contribution < -0.4 is 16.0 Å². The lowest BCUT2D eigenvalue weighted by Gasteiger charge is -2.29. The second-order valence-corrected chi connectivity index (χ2v) is 14.0. The quantitative estimate of drug-likeness (QED) is 0.127. The molecule has 51 heavy (non-hydrogen) atoms. The summed E-state index contributed by atoms with van der Waals surface area (Å²) >= 11 is 0. The van der Waals surface area contributed by atoms with E-state index in [1.807, 2.05) is 45.0 Å². The van der Waals surface area contributed by atoms with E-state index in [0.717, 1.165) is 29.5 Å². The molecule has 3 aromatic carbocycles. The number of alkyl carbamates (subject to hydrolysis) is 1. The zero-order valence-electron chi connectivity index (χ0n) is 29.3. The number of Topliss-reactive ketones (excluding diaryl/α,β-unsaturated/α-hetero) is 1. The van der Waals surface area contributed by atoms with Crippen LogP contribution in [0.2, 0.25) is 0 Å². The van der Waals surface area contributed by atoms with Gasteiger partial charge in [-0.15, -0.1) is 10.2 Å². The lowest BCUT2D eigenvalue weighted by Crippen LogP contribution is -2.37. The molecule has 13 heteroatoms. The highest BCUT2D eigenvalue weighted by atomic mass is 19.1. The molecule has 4 aromatic rings. The molecule has 0 saturated heterocycles. The number of ether oxygens (including phenoxy) is 1. The molecule has 0 unspecified atom stereocenters. The molecule has 0 radical (unpaired) electrons. The van der Waals surface area contributed by atoms with Gasteiger partial charge in [0.2, 0.25) is 17.6 Å². The molecule has 12 nitrogen and oxygen atoms in total. The first-order valence-electron chi connectivity index (χ1n) is 17.1. The summed E-state index contributed by atoms with van der Waals surface area (Å²) in [5.41, 5.74) is 3.10. The van der Waals surface area contributed by atoms with Crippen LogP contribution in [0.4, 0.5) is 20.6 Å². The molecular weight excluding hydrogens is 653 g/mol. The number of amides is 3. The predicted molar refractivity (Wildman–Crippen MR) is 191 cm³/mol. The zero-order valence-corrected chi connectivity index (χ0v) is 29.3. The molecule has 1 saturated carbocycles. The van der Waals surface area contributed by atoms with Gasteiger partial charge in [-0.3, -0.25) is 14.4 Å². The van der Waals surface area contributed by atoms with E-state index in [1.165, 1.54) is 19.1 Å². The van der Waals surface area contributed by atoms with E-state index in [2.05, 4.69) is 36.6 Å². The first-order chi connectivity index (χ1) is 24.3. The number of nitrogens with zero attached hydrogens (tertiary/aromatic N) is 3. The number of tetrazole rings is 1. The molecule has 0 spiro atoms. The SMILES string of the molecule is CC(=O)Nc1ccc(-c2ccc(C[C@H](CC(=O)C3CCC(CNC(=O)OC(C)(C)C)CC3)C(=O)Nc3ccc(-c4nn[nH]n4)cc3)cc2)cc1F. The van der Waals surface area contributed by atoms with E-state index in [1.54, 1.807) is 30.3 Å². The van der Waals surface area contributed by atoms with Crippen LogP contribution in [0.5, 0.6) is 0 Å². The van der Waals surface area contributed by atoms with Gasteiger partial charge in [-0.25, -0.2) is 9.18 Å². The number of carbonyl (C=O) groups excluding carboxylic acids is 4. The Labute approximate surface area is 296 Å². The fraction of sp³-hybridized carbons (Fsp3) is 0.395. The van der Waals surface area contributed by atoms with Crippen LogP contribution in [0.15, 0.2) is 66.7 Å². The standard InChI is InChI=1S/C38H44FN7O5/c1-23(47)41-33-18-15-29(20-32(33)39)26-9-5-24(6-10-26)19-30(36(49)42-31-16-13-28(14-17-31)35-43-45-46-44-35)21-34(48)27-11-7-25(8-12-27)22-40-37(50)51-38(2,3)4/h5-6,9-10,13-18,20,25,27,30H,7-8,11-12,19,21-22H2,1-4H3,(H,40,50)(H,41,47)(H,42,49)(H,43,44,45,46)/t25?,27?,30-/m1/s1. The Kier molecular flexibility index (Phi) is 11.9. The Morgan fingerprint density at radius 1 is 0.902 bits per heavy atom. The highest BCUT2D eigenvalue weighted by Gasteiger charge is 2.31. The summed E-state index contributed by atoms with van der Waals surface area (Å²) in [5.74, 6) is -1.24. The molecule has 4 N–H and O–H groups in total. The van der Waals surface area contributed by atoms with Crippen LogP contribution in [0.25, 0.3) is 22.5 Å². The number of rotatable bonds is 12. The van der Waals surface area contributed by atoms with E-state index in [4.69, 9.17) is 4.74 Å². The third-order valence-electron chi connectivity index (χ3n) is 8.86. The van der Waals surface area contributed by atoms with E-state index >= 15 is 0 Å². The van der Waals surface area contributed by atoms with E-state index in [-0.39, 0.29) is 41.5 Å². The summed E-state index contributed by atoms with van der Waals surface area (Å²) in [6, 6.07) is 19.1. The molecule has 1 aromatic heterocycles. The number of aromatic amines is 1. The molecule has 268 valence electrons. The summed E-state index contributed by atoms with van der Waals surface area (Å²) in [6.45, 7) is 7.27. The molecule has 1 atom stereocenters. The number of hydrogen-bond donors (Lipinski definition) is 4. The van der Waals surface area contributed by atoms with Gasteiger partial charge < -0.3 is 20.7 Å². The molecule has 1 aliphatic carbocycles. The second-order valence-electron chi connectivity index (χ2n) is 14.0. The van der Waals surface area contributed by atoms with Crippen molar-refractivity contribution in [1.29, 1.82) is 0 Å². The Hall–Kier alpha value is -5.46. The van der Waals surface area contributed by atoms with Crippen molar-refractivity contribution in [3.05, 3.63) is 78.1 Å². The molecule has 1 heterocycles. The Morgan fingerprint density at radius 3 is 2.18 bits per heavy atom. The molecule has 5 rings (SSSR count). The summed E-state index contributed by atoms with van der Waals surface area (Å²) < 4.78 is 19.9. The van der Waals surface area contributed by atoms with E-state index < -0.39 is 23.4 Å². The van der Waals surface area contributed by atoms with Gasteiger partial charge in [-0.05, 0) is 117 Å². The Morgan fingerprint density at radius 2 is 1.57 bits per heavy atom. The Bertz CT molecular complexity index is 1810. The lowest BCUT2D eigenvalue weighted by atomic mass is 9.77. The highest BCUT2D eigenvalue weighted by molar-refractivity contribution is 5.96.